The maximum atomic E-state index is 13.3. The predicted octanol–water partition coefficient (Wildman–Crippen LogP) is 5.44. The summed E-state index contributed by atoms with van der Waals surface area (Å²) in [5.74, 6) is -0.404. The highest BCUT2D eigenvalue weighted by Gasteiger charge is 2.37. The summed E-state index contributed by atoms with van der Waals surface area (Å²) in [7, 11) is 1.54. The Morgan fingerprint density at radius 3 is 2.50 bits per heavy atom. The average molecular weight is 621 g/mol. The first kappa shape index (κ1) is 27.8. The fraction of sp³-hybridized carbons (Fsp3) is 0.222. The van der Waals surface area contributed by atoms with Crippen LogP contribution < -0.4 is 19.7 Å². The van der Waals surface area contributed by atoms with Crippen LogP contribution in [0.4, 0.5) is 5.69 Å². The van der Waals surface area contributed by atoms with E-state index in [1.54, 1.807) is 74.6 Å². The van der Waals surface area contributed by atoms with Crippen LogP contribution in [0, 0.1) is 0 Å². The van der Waals surface area contributed by atoms with Crippen molar-refractivity contribution in [2.45, 2.75) is 19.6 Å². The van der Waals surface area contributed by atoms with E-state index in [1.165, 1.54) is 9.80 Å². The van der Waals surface area contributed by atoms with E-state index in [9.17, 15) is 14.4 Å². The molecule has 0 aromatic heterocycles. The zero-order chi connectivity index (χ0) is 27.4. The Bertz CT molecular complexity index is 1390. The summed E-state index contributed by atoms with van der Waals surface area (Å²) in [6.07, 6.45) is -0.927. The standard InChI is InChI=1S/C27H24BrCl2N3O5/c1-3-31-25(34)24-15-33(22-6-4-5-7-23(22)38-24)27(36)26(35)32(2)14-16-8-9-17(12-19(16)28)37-18-10-11-20(29)21(30)13-18/h4-13,24H,3,14-15H2,1-2H3,(H,31,34). The number of carbonyl (C=O) groups excluding carboxylic acids is 3. The third kappa shape index (κ3) is 6.23. The van der Waals surface area contributed by atoms with Gasteiger partial charge in [0.25, 0.3) is 5.91 Å². The molecule has 198 valence electrons. The fourth-order valence-electron chi connectivity index (χ4n) is 3.85. The lowest BCUT2D eigenvalue weighted by Gasteiger charge is -2.34. The molecular weight excluding hydrogens is 597 g/mol. The van der Waals surface area contributed by atoms with E-state index in [2.05, 4.69) is 21.2 Å². The van der Waals surface area contributed by atoms with Crippen molar-refractivity contribution in [3.05, 3.63) is 80.7 Å². The van der Waals surface area contributed by atoms with Gasteiger partial charge in [0.1, 0.15) is 17.2 Å². The molecule has 3 aromatic carbocycles. The normalized spacial score (nSPS) is 14.2. The van der Waals surface area contributed by atoms with E-state index in [-0.39, 0.29) is 19.0 Å². The first-order chi connectivity index (χ1) is 18.2. The Labute approximate surface area is 238 Å². The van der Waals surface area contributed by atoms with Gasteiger partial charge in [0.2, 0.25) is 0 Å². The molecule has 1 atom stereocenters. The minimum absolute atomic E-state index is 0.0777. The number of halogens is 3. The van der Waals surface area contributed by atoms with E-state index in [1.807, 2.05) is 0 Å². The molecule has 1 unspecified atom stereocenters. The number of carbonyl (C=O) groups is 3. The number of rotatable bonds is 6. The van der Waals surface area contributed by atoms with Gasteiger partial charge in [-0.05, 0) is 48.9 Å². The molecule has 1 aliphatic rings. The summed E-state index contributed by atoms with van der Waals surface area (Å²) in [5.41, 5.74) is 1.20. The smallest absolute Gasteiger partial charge is 0.316 e. The first-order valence-electron chi connectivity index (χ1n) is 11.7. The molecule has 38 heavy (non-hydrogen) atoms. The van der Waals surface area contributed by atoms with Crippen LogP contribution in [0.1, 0.15) is 12.5 Å². The molecule has 8 nitrogen and oxygen atoms in total. The van der Waals surface area contributed by atoms with Crippen LogP contribution in [-0.2, 0) is 20.9 Å². The zero-order valence-corrected chi connectivity index (χ0v) is 23.6. The maximum absolute atomic E-state index is 13.3. The number of likely N-dealkylation sites (N-methyl/N-ethyl adjacent to an activating group) is 2. The molecule has 11 heteroatoms. The third-order valence-electron chi connectivity index (χ3n) is 5.75. The van der Waals surface area contributed by atoms with Crippen LogP contribution in [0.15, 0.2) is 65.1 Å². The van der Waals surface area contributed by atoms with Crippen LogP contribution >= 0.6 is 39.1 Å². The fourth-order valence-corrected chi connectivity index (χ4v) is 4.62. The number of para-hydroxylation sites is 2. The van der Waals surface area contributed by atoms with Crippen molar-refractivity contribution in [2.24, 2.45) is 0 Å². The van der Waals surface area contributed by atoms with Gasteiger partial charge in [0, 0.05) is 30.7 Å². The Balaban J connectivity index is 1.46. The van der Waals surface area contributed by atoms with Crippen LogP contribution in [0.25, 0.3) is 0 Å². The molecule has 0 radical (unpaired) electrons. The van der Waals surface area contributed by atoms with Crippen molar-refractivity contribution in [1.29, 1.82) is 0 Å². The summed E-state index contributed by atoms with van der Waals surface area (Å²) >= 11 is 15.5. The summed E-state index contributed by atoms with van der Waals surface area (Å²) in [4.78, 5) is 41.5. The number of benzene rings is 3. The third-order valence-corrected chi connectivity index (χ3v) is 7.23. The molecule has 0 saturated carbocycles. The van der Waals surface area contributed by atoms with Crippen LogP contribution in [0.2, 0.25) is 10.0 Å². The van der Waals surface area contributed by atoms with Gasteiger partial charge in [-0.1, -0.05) is 57.3 Å². The van der Waals surface area contributed by atoms with E-state index >= 15 is 0 Å². The second kappa shape index (κ2) is 12.1. The molecular formula is C27H24BrCl2N3O5. The van der Waals surface area contributed by atoms with Gasteiger partial charge in [0.05, 0.1) is 22.3 Å². The lowest BCUT2D eigenvalue weighted by molar-refractivity contribution is -0.144. The van der Waals surface area contributed by atoms with Gasteiger partial charge < -0.3 is 19.7 Å². The molecule has 0 bridgehead atoms. The van der Waals surface area contributed by atoms with Crippen molar-refractivity contribution in [3.8, 4) is 17.2 Å². The quantitative estimate of drug-likeness (QED) is 0.371. The zero-order valence-electron chi connectivity index (χ0n) is 20.5. The van der Waals surface area contributed by atoms with Gasteiger partial charge in [-0.2, -0.15) is 0 Å². The molecule has 0 aliphatic carbocycles. The van der Waals surface area contributed by atoms with E-state index in [0.717, 1.165) is 5.56 Å². The van der Waals surface area contributed by atoms with Crippen molar-refractivity contribution in [3.63, 3.8) is 0 Å². The summed E-state index contributed by atoms with van der Waals surface area (Å²) < 4.78 is 12.3. The number of hydrogen-bond acceptors (Lipinski definition) is 5. The van der Waals surface area contributed by atoms with E-state index in [0.29, 0.717) is 44.0 Å². The van der Waals surface area contributed by atoms with Crippen LogP contribution in [0.5, 0.6) is 17.2 Å². The van der Waals surface area contributed by atoms with Gasteiger partial charge in [-0.3, -0.25) is 19.3 Å². The second-order valence-corrected chi connectivity index (χ2v) is 10.1. The topological polar surface area (TPSA) is 88.2 Å². The Morgan fingerprint density at radius 2 is 1.79 bits per heavy atom. The number of amides is 3. The molecule has 1 aliphatic heterocycles. The number of anilines is 1. The predicted molar refractivity (Wildman–Crippen MR) is 149 cm³/mol. The molecule has 0 fully saturated rings. The Kier molecular flexibility index (Phi) is 8.81. The SMILES string of the molecule is CCNC(=O)C1CN(C(=O)C(=O)N(C)Cc2ccc(Oc3ccc(Cl)c(Cl)c3)cc2Br)c2ccccc2O1. The molecule has 3 amide bonds. The lowest BCUT2D eigenvalue weighted by Crippen LogP contribution is -2.53. The lowest BCUT2D eigenvalue weighted by atomic mass is 10.1. The average Bonchev–Trinajstić information content (AvgIpc) is 2.91. The van der Waals surface area contributed by atoms with Gasteiger partial charge in [-0.15, -0.1) is 0 Å². The number of nitrogens with zero attached hydrogens (tertiary/aromatic N) is 2. The number of nitrogens with one attached hydrogen (secondary N) is 1. The molecule has 0 saturated heterocycles. The minimum Gasteiger partial charge on any atom is -0.477 e. The monoisotopic (exact) mass is 619 g/mol. The highest BCUT2D eigenvalue weighted by molar-refractivity contribution is 9.10. The van der Waals surface area contributed by atoms with Crippen molar-refractivity contribution in [2.75, 3.05) is 25.0 Å². The molecule has 3 aromatic rings. The van der Waals surface area contributed by atoms with Crippen molar-refractivity contribution >= 4 is 62.5 Å². The van der Waals surface area contributed by atoms with E-state index in [4.69, 9.17) is 32.7 Å². The second-order valence-electron chi connectivity index (χ2n) is 8.48. The highest BCUT2D eigenvalue weighted by Crippen LogP contribution is 2.34. The minimum atomic E-state index is -0.927. The summed E-state index contributed by atoms with van der Waals surface area (Å²) in [6.45, 7) is 2.29. The summed E-state index contributed by atoms with van der Waals surface area (Å²) in [6, 6.07) is 17.1. The Hall–Kier alpha value is -3.27. The van der Waals surface area contributed by atoms with Gasteiger partial charge >= 0.3 is 11.8 Å². The maximum Gasteiger partial charge on any atom is 0.316 e. The first-order valence-corrected chi connectivity index (χ1v) is 13.2. The number of fused-ring (bicyclic) bond motifs is 1. The summed E-state index contributed by atoms with van der Waals surface area (Å²) in [5, 5.41) is 3.50. The number of ether oxygens (including phenoxy) is 2. The molecule has 4 rings (SSSR count). The van der Waals surface area contributed by atoms with Crippen molar-refractivity contribution < 1.29 is 23.9 Å². The highest BCUT2D eigenvalue weighted by atomic mass is 79.9. The van der Waals surface area contributed by atoms with Crippen LogP contribution in [-0.4, -0.2) is 48.9 Å². The molecule has 1 N–H and O–H groups in total. The Morgan fingerprint density at radius 1 is 1.08 bits per heavy atom. The molecule has 0 spiro atoms. The largest absolute Gasteiger partial charge is 0.477 e. The van der Waals surface area contributed by atoms with E-state index < -0.39 is 17.9 Å². The van der Waals surface area contributed by atoms with Crippen molar-refractivity contribution in [1.82, 2.24) is 10.2 Å². The van der Waals surface area contributed by atoms with Gasteiger partial charge in [-0.25, -0.2) is 0 Å². The van der Waals surface area contributed by atoms with Crippen LogP contribution in [0.3, 0.4) is 0 Å². The van der Waals surface area contributed by atoms with Gasteiger partial charge in [0.15, 0.2) is 6.10 Å². The number of hydrogen-bond donors (Lipinski definition) is 1. The molecule has 1 heterocycles.